The predicted octanol–water partition coefficient (Wildman–Crippen LogP) is 16.0. The molecule has 0 aliphatic heterocycles. The molecule has 0 spiro atoms. The van der Waals surface area contributed by atoms with E-state index in [1.54, 1.807) is 12.1 Å². The number of hydrogen-bond acceptors (Lipinski definition) is 8. The summed E-state index contributed by atoms with van der Waals surface area (Å²) in [7, 11) is 0. The van der Waals surface area contributed by atoms with E-state index in [4.69, 9.17) is 35.6 Å². The lowest BCUT2D eigenvalue weighted by Gasteiger charge is -2.21. The Morgan fingerprint density at radius 1 is 0.372 bits per heavy atom. The minimum atomic E-state index is -5.16. The van der Waals surface area contributed by atoms with Crippen LogP contribution < -0.4 is 5.73 Å². The third-order valence-corrected chi connectivity index (χ3v) is 13.4. The second-order valence-corrected chi connectivity index (χ2v) is 18.2. The molecule has 9 nitrogen and oxygen atoms in total. The molecule has 12 aromatic rings. The molecule has 0 aliphatic rings. The van der Waals surface area contributed by atoms with Crippen LogP contribution >= 0.6 is 0 Å². The molecule has 0 saturated heterocycles. The zero-order chi connectivity index (χ0) is 53.7. The molecule has 0 saturated carbocycles. The number of hydrogen-bond donors (Lipinski definition) is 1. The first-order valence-corrected chi connectivity index (χ1v) is 24.3. The van der Waals surface area contributed by atoms with Gasteiger partial charge in [-0.15, -0.1) is 0 Å². The molecular weight excluding hydrogens is 997 g/mol. The van der Waals surface area contributed by atoms with Crippen LogP contribution in [0.25, 0.3) is 118 Å². The highest BCUT2D eigenvalue weighted by atomic mass is 19.4. The van der Waals surface area contributed by atoms with Crippen LogP contribution in [0, 0.1) is 11.3 Å². The van der Waals surface area contributed by atoms with Crippen LogP contribution in [0.4, 0.5) is 32.0 Å². The molecule has 3 aromatic heterocycles. The van der Waals surface area contributed by atoms with Gasteiger partial charge in [-0.25, -0.2) is 29.9 Å². The number of nitrogen functional groups attached to an aromatic ring is 1. The fourth-order valence-corrected chi connectivity index (χ4v) is 9.80. The van der Waals surface area contributed by atoms with Gasteiger partial charge in [0, 0.05) is 66.5 Å². The first-order chi connectivity index (χ1) is 37.8. The van der Waals surface area contributed by atoms with E-state index < -0.39 is 34.6 Å². The first-order valence-electron chi connectivity index (χ1n) is 24.3. The summed E-state index contributed by atoms with van der Waals surface area (Å²) in [4.78, 5) is 29.8. The van der Waals surface area contributed by atoms with Gasteiger partial charge in [0.25, 0.3) is 0 Å². The number of nitrogens with zero attached hydrogens (tertiary/aromatic N) is 8. The standard InChI is InChI=1S/C63H37F6N9/c64-62(65,66)48-24-14-25-49(63(67,68)69)55(48)41-27-30-50(71)47(33-41)54-44(36-70)23-13-26-53(54)78-51-31-28-42(60-74-56(37-15-5-1-6-16-37)72-57(75-60)38-17-7-2-8-18-38)34-45(51)46-35-43(29-32-52(46)78)61-76-58(39-19-9-3-10-20-39)73-59(77-61)40-21-11-4-12-22-40/h1-35H,71H2. The molecule has 0 radical (unpaired) electrons. The summed E-state index contributed by atoms with van der Waals surface area (Å²) in [5.41, 5.74) is 8.41. The van der Waals surface area contributed by atoms with Gasteiger partial charge in [-0.1, -0.05) is 140 Å². The van der Waals surface area contributed by atoms with Gasteiger partial charge in [0.15, 0.2) is 34.9 Å². The number of anilines is 1. The largest absolute Gasteiger partial charge is 0.417 e. The van der Waals surface area contributed by atoms with E-state index in [1.807, 2.05) is 162 Å². The molecule has 0 aliphatic carbocycles. The fraction of sp³-hybridized carbons (Fsp3) is 0.0317. The van der Waals surface area contributed by atoms with E-state index in [2.05, 4.69) is 6.07 Å². The quantitative estimate of drug-likeness (QED) is 0.112. The van der Waals surface area contributed by atoms with Crippen molar-refractivity contribution in [3.8, 4) is 102 Å². The van der Waals surface area contributed by atoms with Gasteiger partial charge in [0.1, 0.15) is 0 Å². The number of alkyl halides is 6. The van der Waals surface area contributed by atoms with Crippen LogP contribution in [0.1, 0.15) is 16.7 Å². The minimum absolute atomic E-state index is 0.00245. The monoisotopic (exact) mass is 1030 g/mol. The van der Waals surface area contributed by atoms with Gasteiger partial charge in [0.2, 0.25) is 0 Å². The molecule has 0 unspecified atom stereocenters. The molecule has 9 aromatic carbocycles. The lowest BCUT2D eigenvalue weighted by Crippen LogP contribution is -2.14. The van der Waals surface area contributed by atoms with E-state index in [9.17, 15) is 31.6 Å². The van der Waals surface area contributed by atoms with Crippen molar-refractivity contribution in [1.82, 2.24) is 34.5 Å². The number of nitriles is 1. The van der Waals surface area contributed by atoms with E-state index >= 15 is 0 Å². The third-order valence-electron chi connectivity index (χ3n) is 13.4. The topological polar surface area (TPSA) is 132 Å². The zero-order valence-corrected chi connectivity index (χ0v) is 40.6. The van der Waals surface area contributed by atoms with Crippen molar-refractivity contribution in [3.05, 3.63) is 229 Å². The molecule has 0 fully saturated rings. The summed E-state index contributed by atoms with van der Waals surface area (Å²) < 4.78 is 89.9. The normalized spacial score (nSPS) is 11.8. The van der Waals surface area contributed by atoms with Crippen molar-refractivity contribution in [1.29, 1.82) is 5.26 Å². The van der Waals surface area contributed by atoms with Crippen molar-refractivity contribution in [2.45, 2.75) is 12.4 Å². The highest BCUT2D eigenvalue weighted by molar-refractivity contribution is 6.12. The maximum Gasteiger partial charge on any atom is 0.417 e. The minimum Gasteiger partial charge on any atom is -0.398 e. The summed E-state index contributed by atoms with van der Waals surface area (Å²) >= 11 is 0. The van der Waals surface area contributed by atoms with Gasteiger partial charge >= 0.3 is 12.4 Å². The van der Waals surface area contributed by atoms with Gasteiger partial charge in [0.05, 0.1) is 39.5 Å². The summed E-state index contributed by atoms with van der Waals surface area (Å²) in [6.07, 6.45) is -10.3. The Morgan fingerprint density at radius 2 is 0.744 bits per heavy atom. The maximum absolute atomic E-state index is 14.7. The second kappa shape index (κ2) is 19.4. The van der Waals surface area contributed by atoms with Gasteiger partial charge in [-0.05, 0) is 78.4 Å². The smallest absolute Gasteiger partial charge is 0.398 e. The SMILES string of the molecule is N#Cc1cccc(-n2c3ccc(-c4nc(-c5ccccc5)nc(-c5ccccc5)n4)cc3c3cc(-c4nc(-c5ccccc5)nc(-c5ccccc5)n4)ccc32)c1-c1cc(-c2c(C(F)(F)F)cccc2C(F)(F)F)ccc1N. The zero-order valence-electron chi connectivity index (χ0n) is 40.6. The molecule has 78 heavy (non-hydrogen) atoms. The number of nitrogens with two attached hydrogens (primary N) is 1. The van der Waals surface area contributed by atoms with Crippen LogP contribution in [0.3, 0.4) is 0 Å². The number of rotatable bonds is 9. The maximum atomic E-state index is 14.7. The Morgan fingerprint density at radius 3 is 1.13 bits per heavy atom. The van der Waals surface area contributed by atoms with Crippen molar-refractivity contribution in [2.75, 3.05) is 5.73 Å². The summed E-state index contributed by atoms with van der Waals surface area (Å²) in [6.45, 7) is 0. The molecule has 2 N–H and O–H groups in total. The molecule has 0 amide bonds. The second-order valence-electron chi connectivity index (χ2n) is 18.2. The molecule has 0 atom stereocenters. The Labute approximate surface area is 441 Å². The van der Waals surface area contributed by atoms with Crippen molar-refractivity contribution in [2.24, 2.45) is 0 Å². The lowest BCUT2D eigenvalue weighted by molar-refractivity contribution is -0.142. The van der Waals surface area contributed by atoms with Gasteiger partial charge in [-0.2, -0.15) is 31.6 Å². The number of aromatic nitrogens is 7. The Bertz CT molecular complexity index is 3980. The van der Waals surface area contributed by atoms with E-state index in [1.165, 1.54) is 18.2 Å². The molecule has 3 heterocycles. The lowest BCUT2D eigenvalue weighted by atomic mass is 9.89. The van der Waals surface area contributed by atoms with Gasteiger partial charge in [-0.3, -0.25) is 0 Å². The Balaban J connectivity index is 1.13. The van der Waals surface area contributed by atoms with Crippen LogP contribution in [0.15, 0.2) is 212 Å². The van der Waals surface area contributed by atoms with Crippen LogP contribution in [-0.4, -0.2) is 34.5 Å². The van der Waals surface area contributed by atoms with E-state index in [0.29, 0.717) is 85.7 Å². The summed E-state index contributed by atoms with van der Waals surface area (Å²) in [5, 5.41) is 12.2. The van der Waals surface area contributed by atoms with Crippen molar-refractivity contribution < 1.29 is 26.3 Å². The number of benzene rings is 9. The molecule has 12 rings (SSSR count). The molecule has 0 bridgehead atoms. The summed E-state index contributed by atoms with van der Waals surface area (Å²) in [5.74, 6) is 2.52. The van der Waals surface area contributed by atoms with Crippen LogP contribution in [-0.2, 0) is 12.4 Å². The van der Waals surface area contributed by atoms with Crippen molar-refractivity contribution >= 4 is 27.5 Å². The average molecular weight is 1030 g/mol. The average Bonchev–Trinajstić information content (AvgIpc) is 4.06. The Kier molecular flexibility index (Phi) is 12.1. The molecule has 15 heteroatoms. The highest BCUT2D eigenvalue weighted by Gasteiger charge is 2.41. The van der Waals surface area contributed by atoms with Crippen LogP contribution in [0.5, 0.6) is 0 Å². The predicted molar refractivity (Wildman–Crippen MR) is 290 cm³/mol. The van der Waals surface area contributed by atoms with E-state index in [0.717, 1.165) is 34.4 Å². The van der Waals surface area contributed by atoms with E-state index in [-0.39, 0.29) is 22.4 Å². The molecular formula is C63H37F6N9. The van der Waals surface area contributed by atoms with Crippen LogP contribution in [0.2, 0.25) is 0 Å². The Hall–Kier alpha value is -10.3. The summed E-state index contributed by atoms with van der Waals surface area (Å²) in [6, 6.07) is 62.1. The fourth-order valence-electron chi connectivity index (χ4n) is 9.80. The van der Waals surface area contributed by atoms with Gasteiger partial charge < -0.3 is 10.3 Å². The molecule has 376 valence electrons. The highest BCUT2D eigenvalue weighted by Crippen LogP contribution is 2.48. The number of fused-ring (bicyclic) bond motifs is 3. The van der Waals surface area contributed by atoms with Crippen molar-refractivity contribution in [3.63, 3.8) is 0 Å². The third kappa shape index (κ3) is 9.00. The first kappa shape index (κ1) is 48.6. The number of halogens is 6.